The van der Waals surface area contributed by atoms with Crippen LogP contribution in [0.4, 0.5) is 0 Å². The third kappa shape index (κ3) is 3.17. The minimum Gasteiger partial charge on any atom is -0.339 e. The van der Waals surface area contributed by atoms with E-state index in [-0.39, 0.29) is 5.92 Å². The van der Waals surface area contributed by atoms with Crippen LogP contribution in [-0.4, -0.2) is 42.2 Å². The van der Waals surface area contributed by atoms with Crippen molar-refractivity contribution in [1.82, 2.24) is 14.4 Å². The summed E-state index contributed by atoms with van der Waals surface area (Å²) in [4.78, 5) is 6.67. The summed E-state index contributed by atoms with van der Waals surface area (Å²) in [5.41, 5.74) is 0. The van der Waals surface area contributed by atoms with Crippen LogP contribution in [0.15, 0.2) is 16.7 Å². The van der Waals surface area contributed by atoms with Crippen molar-refractivity contribution < 1.29 is 12.9 Å². The number of nitrogens with zero attached hydrogens (tertiary/aromatic N) is 3. The Morgan fingerprint density at radius 3 is 2.62 bits per heavy atom. The molecule has 0 saturated carbocycles. The predicted octanol–water partition coefficient (Wildman–Crippen LogP) is 2.25. The van der Waals surface area contributed by atoms with Crippen LogP contribution < -0.4 is 0 Å². The van der Waals surface area contributed by atoms with Crippen molar-refractivity contribution in [3.05, 3.63) is 22.9 Å². The number of sulfonamides is 1. The van der Waals surface area contributed by atoms with Gasteiger partial charge in [0.1, 0.15) is 0 Å². The first-order chi connectivity index (χ1) is 9.93. The fourth-order valence-corrected chi connectivity index (χ4v) is 4.16. The zero-order valence-corrected chi connectivity index (χ0v) is 13.6. The number of aryl methyl sites for hydroxylation is 1. The zero-order chi connectivity index (χ0) is 15.0. The summed E-state index contributed by atoms with van der Waals surface area (Å²) in [6.07, 6.45) is 2.69. The molecular weight excluding hydrogens is 310 g/mol. The van der Waals surface area contributed by atoms with Crippen LogP contribution in [0.25, 0.3) is 10.7 Å². The molecule has 0 amide bonds. The van der Waals surface area contributed by atoms with E-state index < -0.39 is 10.0 Å². The summed E-state index contributed by atoms with van der Waals surface area (Å²) in [6.45, 7) is 3.06. The summed E-state index contributed by atoms with van der Waals surface area (Å²) in [5.74, 6) is 1.38. The van der Waals surface area contributed by atoms with Crippen LogP contribution in [0, 0.1) is 6.92 Å². The maximum Gasteiger partial charge on any atom is 0.230 e. The van der Waals surface area contributed by atoms with Crippen molar-refractivity contribution in [3.63, 3.8) is 0 Å². The summed E-state index contributed by atoms with van der Waals surface area (Å²) < 4.78 is 29.9. The first kappa shape index (κ1) is 14.7. The Hall–Kier alpha value is -1.25. The molecule has 1 saturated heterocycles. The fourth-order valence-electron chi connectivity index (χ4n) is 2.49. The quantitative estimate of drug-likeness (QED) is 0.864. The topological polar surface area (TPSA) is 76.3 Å². The fraction of sp³-hybridized carbons (Fsp3) is 0.538. The van der Waals surface area contributed by atoms with Crippen molar-refractivity contribution >= 4 is 21.4 Å². The molecule has 2 aromatic rings. The summed E-state index contributed by atoms with van der Waals surface area (Å²) >= 11 is 1.63. The summed E-state index contributed by atoms with van der Waals surface area (Å²) in [6, 6.07) is 4.02. The number of aromatic nitrogens is 2. The van der Waals surface area contributed by atoms with Crippen molar-refractivity contribution in [2.45, 2.75) is 25.7 Å². The lowest BCUT2D eigenvalue weighted by Crippen LogP contribution is -2.37. The molecule has 0 N–H and O–H groups in total. The predicted molar refractivity (Wildman–Crippen MR) is 80.7 cm³/mol. The van der Waals surface area contributed by atoms with E-state index >= 15 is 0 Å². The van der Waals surface area contributed by atoms with Crippen LogP contribution >= 0.6 is 11.3 Å². The van der Waals surface area contributed by atoms with E-state index in [2.05, 4.69) is 10.1 Å². The molecule has 0 atom stereocenters. The van der Waals surface area contributed by atoms with Gasteiger partial charge in [-0.25, -0.2) is 12.7 Å². The molecule has 1 fully saturated rings. The van der Waals surface area contributed by atoms with Crippen molar-refractivity contribution in [2.75, 3.05) is 19.3 Å². The van der Waals surface area contributed by atoms with Gasteiger partial charge in [-0.1, -0.05) is 5.16 Å². The largest absolute Gasteiger partial charge is 0.339 e. The summed E-state index contributed by atoms with van der Waals surface area (Å²) in [5, 5.41) is 4.04. The normalized spacial score (nSPS) is 18.2. The molecule has 0 bridgehead atoms. The molecule has 0 aromatic carbocycles. The molecule has 1 aliphatic heterocycles. The Morgan fingerprint density at radius 2 is 2.05 bits per heavy atom. The van der Waals surface area contributed by atoms with Gasteiger partial charge < -0.3 is 4.52 Å². The van der Waals surface area contributed by atoms with Gasteiger partial charge in [0.05, 0.1) is 11.1 Å². The maximum atomic E-state index is 11.5. The average Bonchev–Trinajstić information content (AvgIpc) is 3.06. The van der Waals surface area contributed by atoms with Crippen molar-refractivity contribution in [3.8, 4) is 10.7 Å². The molecule has 0 radical (unpaired) electrons. The third-order valence-electron chi connectivity index (χ3n) is 3.67. The van der Waals surface area contributed by atoms with Gasteiger partial charge in [-0.3, -0.25) is 0 Å². The Kier molecular flexibility index (Phi) is 3.85. The smallest absolute Gasteiger partial charge is 0.230 e. The third-order valence-corrected chi connectivity index (χ3v) is 5.97. The Labute approximate surface area is 127 Å². The highest BCUT2D eigenvalue weighted by Gasteiger charge is 2.29. The van der Waals surface area contributed by atoms with Gasteiger partial charge in [0.25, 0.3) is 0 Å². The highest BCUT2D eigenvalue weighted by Crippen LogP contribution is 2.31. The SMILES string of the molecule is Cc1ccc(-c2noc(C3CCN(S(C)(=O)=O)CC3)n2)s1. The van der Waals surface area contributed by atoms with Crippen molar-refractivity contribution in [1.29, 1.82) is 0 Å². The van der Waals surface area contributed by atoms with E-state index in [0.717, 1.165) is 17.7 Å². The molecular formula is C13H17N3O3S2. The van der Waals surface area contributed by atoms with E-state index in [9.17, 15) is 8.42 Å². The number of piperidine rings is 1. The standard InChI is InChI=1S/C13H17N3O3S2/c1-9-3-4-11(20-9)12-14-13(19-15-12)10-5-7-16(8-6-10)21(2,17)18/h3-4,10H,5-8H2,1-2H3. The Bertz CT molecular complexity index is 727. The van der Waals surface area contributed by atoms with Gasteiger partial charge in [-0.2, -0.15) is 4.98 Å². The van der Waals surface area contributed by atoms with E-state index in [1.54, 1.807) is 11.3 Å². The first-order valence-electron chi connectivity index (χ1n) is 6.79. The molecule has 0 unspecified atom stereocenters. The highest BCUT2D eigenvalue weighted by atomic mass is 32.2. The molecule has 1 aliphatic rings. The van der Waals surface area contributed by atoms with Crippen LogP contribution in [0.2, 0.25) is 0 Å². The van der Waals surface area contributed by atoms with E-state index in [1.807, 2.05) is 19.1 Å². The molecule has 0 aliphatic carbocycles. The van der Waals surface area contributed by atoms with Crippen LogP contribution in [0.3, 0.4) is 0 Å². The molecule has 3 heterocycles. The first-order valence-corrected chi connectivity index (χ1v) is 9.45. The molecule has 21 heavy (non-hydrogen) atoms. The lowest BCUT2D eigenvalue weighted by molar-refractivity contribution is 0.271. The van der Waals surface area contributed by atoms with Gasteiger partial charge in [-0.15, -0.1) is 11.3 Å². The molecule has 3 rings (SSSR count). The molecule has 0 spiro atoms. The molecule has 8 heteroatoms. The molecule has 114 valence electrons. The maximum absolute atomic E-state index is 11.5. The van der Waals surface area contributed by atoms with Gasteiger partial charge in [0.15, 0.2) is 0 Å². The number of hydrogen-bond donors (Lipinski definition) is 0. The number of hydrogen-bond acceptors (Lipinski definition) is 6. The van der Waals surface area contributed by atoms with E-state index in [0.29, 0.717) is 24.8 Å². The Balaban J connectivity index is 1.71. The van der Waals surface area contributed by atoms with Gasteiger partial charge in [0, 0.05) is 23.9 Å². The second-order valence-corrected chi connectivity index (χ2v) is 8.57. The molecule has 6 nitrogen and oxygen atoms in total. The van der Waals surface area contributed by atoms with Crippen LogP contribution in [-0.2, 0) is 10.0 Å². The highest BCUT2D eigenvalue weighted by molar-refractivity contribution is 7.88. The monoisotopic (exact) mass is 327 g/mol. The van der Waals surface area contributed by atoms with Crippen molar-refractivity contribution in [2.24, 2.45) is 0 Å². The molecule has 2 aromatic heterocycles. The van der Waals surface area contributed by atoms with Crippen LogP contribution in [0.5, 0.6) is 0 Å². The zero-order valence-electron chi connectivity index (χ0n) is 11.9. The average molecular weight is 327 g/mol. The number of rotatable bonds is 3. The van der Waals surface area contributed by atoms with Gasteiger partial charge >= 0.3 is 0 Å². The second-order valence-electron chi connectivity index (χ2n) is 5.30. The van der Waals surface area contributed by atoms with E-state index in [1.165, 1.54) is 15.4 Å². The lowest BCUT2D eigenvalue weighted by atomic mass is 9.98. The lowest BCUT2D eigenvalue weighted by Gasteiger charge is -2.28. The Morgan fingerprint density at radius 1 is 1.33 bits per heavy atom. The number of thiophene rings is 1. The van der Waals surface area contributed by atoms with E-state index in [4.69, 9.17) is 4.52 Å². The van der Waals surface area contributed by atoms with Gasteiger partial charge in [-0.05, 0) is 31.9 Å². The summed E-state index contributed by atoms with van der Waals surface area (Å²) in [7, 11) is -3.10. The minimum atomic E-state index is -3.10. The minimum absolute atomic E-state index is 0.144. The second kappa shape index (κ2) is 5.51. The van der Waals surface area contributed by atoms with Crippen LogP contribution in [0.1, 0.15) is 29.5 Å². The van der Waals surface area contributed by atoms with Gasteiger partial charge in [0.2, 0.25) is 21.7 Å².